The second-order valence-corrected chi connectivity index (χ2v) is 7.01. The van der Waals surface area contributed by atoms with E-state index in [0.717, 1.165) is 19.7 Å². The quantitative estimate of drug-likeness (QED) is 0.793. The molecule has 0 aromatic carbocycles. The van der Waals surface area contributed by atoms with E-state index < -0.39 is 0 Å². The molecule has 1 aliphatic carbocycles. The van der Waals surface area contributed by atoms with Crippen LogP contribution >= 0.6 is 0 Å². The third kappa shape index (κ3) is 5.68. The summed E-state index contributed by atoms with van der Waals surface area (Å²) in [6.45, 7) is 11.8. The number of rotatable bonds is 6. The van der Waals surface area contributed by atoms with Crippen molar-refractivity contribution < 1.29 is 4.74 Å². The maximum atomic E-state index is 6.27. The summed E-state index contributed by atoms with van der Waals surface area (Å²) in [5, 5.41) is 0. The van der Waals surface area contributed by atoms with E-state index in [-0.39, 0.29) is 0 Å². The van der Waals surface area contributed by atoms with E-state index in [2.05, 4.69) is 39.6 Å². The smallest absolute Gasteiger partial charge is 0.0596 e. The van der Waals surface area contributed by atoms with Gasteiger partial charge in [0.2, 0.25) is 0 Å². The maximum Gasteiger partial charge on any atom is 0.0596 e. The SMILES string of the molecule is CC(C)OCCN(C)CC1CC(C)(C)CCC1N. The Hall–Kier alpha value is -0.120. The second-order valence-electron chi connectivity index (χ2n) is 7.01. The molecule has 2 unspecified atom stereocenters. The number of nitrogens with zero attached hydrogens (tertiary/aromatic N) is 1. The summed E-state index contributed by atoms with van der Waals surface area (Å²) in [5.41, 5.74) is 6.74. The van der Waals surface area contributed by atoms with Crippen molar-refractivity contribution in [1.82, 2.24) is 4.90 Å². The third-order valence-electron chi connectivity index (χ3n) is 4.05. The molecule has 3 nitrogen and oxygen atoms in total. The molecule has 0 aromatic heterocycles. The topological polar surface area (TPSA) is 38.5 Å². The highest BCUT2D eigenvalue weighted by Gasteiger charge is 2.33. The fourth-order valence-corrected chi connectivity index (χ4v) is 2.89. The van der Waals surface area contributed by atoms with Crippen molar-refractivity contribution in [3.63, 3.8) is 0 Å². The summed E-state index contributed by atoms with van der Waals surface area (Å²) in [6.07, 6.45) is 4.02. The molecule has 2 N–H and O–H groups in total. The Balaban J connectivity index is 2.31. The van der Waals surface area contributed by atoms with Crippen molar-refractivity contribution >= 4 is 0 Å². The Morgan fingerprint density at radius 1 is 1.39 bits per heavy atom. The fraction of sp³-hybridized carbons (Fsp3) is 1.00. The predicted molar refractivity (Wildman–Crippen MR) is 77.7 cm³/mol. The van der Waals surface area contributed by atoms with Crippen LogP contribution in [0.3, 0.4) is 0 Å². The zero-order valence-corrected chi connectivity index (χ0v) is 12.9. The molecule has 2 atom stereocenters. The molecule has 1 saturated carbocycles. The van der Waals surface area contributed by atoms with Gasteiger partial charge in [0.1, 0.15) is 0 Å². The van der Waals surface area contributed by atoms with Gasteiger partial charge in [-0.05, 0) is 51.5 Å². The highest BCUT2D eigenvalue weighted by Crippen LogP contribution is 2.38. The van der Waals surface area contributed by atoms with Crippen molar-refractivity contribution in [1.29, 1.82) is 0 Å². The van der Waals surface area contributed by atoms with Gasteiger partial charge >= 0.3 is 0 Å². The summed E-state index contributed by atoms with van der Waals surface area (Å²) in [6, 6.07) is 0.381. The second kappa shape index (κ2) is 6.88. The number of hydrogen-bond donors (Lipinski definition) is 1. The van der Waals surface area contributed by atoms with E-state index >= 15 is 0 Å². The molecule has 3 heteroatoms. The van der Waals surface area contributed by atoms with Gasteiger partial charge in [-0.25, -0.2) is 0 Å². The van der Waals surface area contributed by atoms with Crippen LogP contribution in [0.15, 0.2) is 0 Å². The molecule has 0 spiro atoms. The fourth-order valence-electron chi connectivity index (χ4n) is 2.89. The van der Waals surface area contributed by atoms with E-state index in [1.54, 1.807) is 0 Å². The van der Waals surface area contributed by atoms with Gasteiger partial charge in [0.05, 0.1) is 12.7 Å². The van der Waals surface area contributed by atoms with Crippen LogP contribution in [0, 0.1) is 11.3 Å². The standard InChI is InChI=1S/C15H32N2O/c1-12(2)18-9-8-17(5)11-13-10-15(3,4)7-6-14(13)16/h12-14H,6-11,16H2,1-5H3. The molecule has 0 radical (unpaired) electrons. The number of ether oxygens (including phenoxy) is 1. The van der Waals surface area contributed by atoms with Crippen LogP contribution in [-0.2, 0) is 4.74 Å². The molecule has 0 bridgehead atoms. The van der Waals surface area contributed by atoms with Crippen LogP contribution < -0.4 is 5.73 Å². The van der Waals surface area contributed by atoms with Crippen LogP contribution in [0.4, 0.5) is 0 Å². The Morgan fingerprint density at radius 2 is 2.06 bits per heavy atom. The molecule has 0 aromatic rings. The number of likely N-dealkylation sites (N-methyl/N-ethyl adjacent to an activating group) is 1. The van der Waals surface area contributed by atoms with E-state index in [1.807, 2.05) is 0 Å². The van der Waals surface area contributed by atoms with Crippen molar-refractivity contribution in [2.45, 2.75) is 59.1 Å². The minimum Gasteiger partial charge on any atom is -0.377 e. The van der Waals surface area contributed by atoms with E-state index in [1.165, 1.54) is 19.3 Å². The first-order chi connectivity index (χ1) is 8.30. The predicted octanol–water partition coefficient (Wildman–Crippen LogP) is 2.50. The van der Waals surface area contributed by atoms with Crippen molar-refractivity contribution in [3.8, 4) is 0 Å². The van der Waals surface area contributed by atoms with Crippen LogP contribution in [0.1, 0.15) is 47.0 Å². The average Bonchev–Trinajstić information content (AvgIpc) is 2.22. The summed E-state index contributed by atoms with van der Waals surface area (Å²) in [4.78, 5) is 2.37. The first kappa shape index (κ1) is 15.9. The molecular weight excluding hydrogens is 224 g/mol. The first-order valence-corrected chi connectivity index (χ1v) is 7.36. The van der Waals surface area contributed by atoms with E-state index in [0.29, 0.717) is 23.5 Å². The van der Waals surface area contributed by atoms with Crippen molar-refractivity contribution in [2.24, 2.45) is 17.1 Å². The lowest BCUT2D eigenvalue weighted by atomic mass is 9.70. The lowest BCUT2D eigenvalue weighted by Gasteiger charge is -2.40. The van der Waals surface area contributed by atoms with Crippen LogP contribution in [-0.4, -0.2) is 43.8 Å². The number of nitrogens with two attached hydrogens (primary N) is 1. The maximum absolute atomic E-state index is 6.27. The van der Waals surface area contributed by atoms with Gasteiger partial charge in [0.15, 0.2) is 0 Å². The Bertz CT molecular complexity index is 241. The van der Waals surface area contributed by atoms with Gasteiger partial charge in [0, 0.05) is 19.1 Å². The lowest BCUT2D eigenvalue weighted by molar-refractivity contribution is 0.0542. The van der Waals surface area contributed by atoms with E-state index in [9.17, 15) is 0 Å². The van der Waals surface area contributed by atoms with E-state index in [4.69, 9.17) is 10.5 Å². The van der Waals surface area contributed by atoms with Crippen LogP contribution in [0.5, 0.6) is 0 Å². The van der Waals surface area contributed by atoms with Gasteiger partial charge in [-0.2, -0.15) is 0 Å². The van der Waals surface area contributed by atoms with Gasteiger partial charge in [-0.1, -0.05) is 13.8 Å². The minimum absolute atomic E-state index is 0.328. The molecule has 0 saturated heterocycles. The highest BCUT2D eigenvalue weighted by atomic mass is 16.5. The number of hydrogen-bond acceptors (Lipinski definition) is 3. The van der Waals surface area contributed by atoms with Gasteiger partial charge in [-0.3, -0.25) is 0 Å². The molecule has 1 aliphatic rings. The first-order valence-electron chi connectivity index (χ1n) is 7.36. The summed E-state index contributed by atoms with van der Waals surface area (Å²) >= 11 is 0. The zero-order chi connectivity index (χ0) is 13.8. The average molecular weight is 256 g/mol. The largest absolute Gasteiger partial charge is 0.377 e. The molecule has 0 heterocycles. The van der Waals surface area contributed by atoms with Gasteiger partial charge in [-0.15, -0.1) is 0 Å². The summed E-state index contributed by atoms with van der Waals surface area (Å²) in [7, 11) is 2.18. The normalized spacial score (nSPS) is 28.0. The van der Waals surface area contributed by atoms with Crippen molar-refractivity contribution in [2.75, 3.05) is 26.7 Å². The monoisotopic (exact) mass is 256 g/mol. The van der Waals surface area contributed by atoms with Crippen molar-refractivity contribution in [3.05, 3.63) is 0 Å². The minimum atomic E-state index is 0.328. The summed E-state index contributed by atoms with van der Waals surface area (Å²) < 4.78 is 5.60. The molecule has 0 amide bonds. The molecule has 1 rings (SSSR count). The van der Waals surface area contributed by atoms with Gasteiger partial charge < -0.3 is 15.4 Å². The molecule has 1 fully saturated rings. The molecule has 18 heavy (non-hydrogen) atoms. The Kier molecular flexibility index (Phi) is 6.09. The molecule has 0 aliphatic heterocycles. The third-order valence-corrected chi connectivity index (χ3v) is 4.05. The van der Waals surface area contributed by atoms with Crippen LogP contribution in [0.25, 0.3) is 0 Å². The lowest BCUT2D eigenvalue weighted by Crippen LogP contribution is -2.44. The molecule has 108 valence electrons. The highest BCUT2D eigenvalue weighted by molar-refractivity contribution is 4.88. The Labute approximate surface area is 113 Å². The van der Waals surface area contributed by atoms with Crippen LogP contribution in [0.2, 0.25) is 0 Å². The molecular formula is C15H32N2O. The van der Waals surface area contributed by atoms with Gasteiger partial charge in [0.25, 0.3) is 0 Å². The summed E-state index contributed by atoms with van der Waals surface area (Å²) in [5.74, 6) is 0.637. The Morgan fingerprint density at radius 3 is 2.67 bits per heavy atom. The zero-order valence-electron chi connectivity index (χ0n) is 12.9.